The third-order valence-corrected chi connectivity index (χ3v) is 3.46. The molecule has 1 saturated heterocycles. The second-order valence-electron chi connectivity index (χ2n) is 4.24. The van der Waals surface area contributed by atoms with Gasteiger partial charge in [0.05, 0.1) is 29.4 Å². The Morgan fingerprint density at radius 1 is 1.39 bits per heavy atom. The maximum Gasteiger partial charge on any atom is 0.147 e. The Labute approximate surface area is 116 Å². The van der Waals surface area contributed by atoms with Crippen molar-refractivity contribution in [1.82, 2.24) is 4.98 Å². The maximum atomic E-state index is 8.71. The van der Waals surface area contributed by atoms with Gasteiger partial charge in [0.1, 0.15) is 5.82 Å². The number of hydrogen-bond donors (Lipinski definition) is 1. The minimum atomic E-state index is 0.0742. The van der Waals surface area contributed by atoms with Gasteiger partial charge in [-0.15, -0.1) is 0 Å². The molecule has 4 nitrogen and oxygen atoms in total. The molecule has 1 aromatic rings. The highest BCUT2D eigenvalue weighted by atomic mass is 35.5. The van der Waals surface area contributed by atoms with Crippen LogP contribution in [0.1, 0.15) is 12.8 Å². The topological polar surface area (TPSA) is 45.6 Å². The molecule has 0 saturated carbocycles. The highest BCUT2D eigenvalue weighted by Gasteiger charge is 2.22. The molecule has 1 fully saturated rings. The lowest BCUT2D eigenvalue weighted by molar-refractivity contribution is 0.0158. The van der Waals surface area contributed by atoms with Gasteiger partial charge in [0, 0.05) is 19.3 Å². The van der Waals surface area contributed by atoms with Crippen molar-refractivity contribution in [2.45, 2.75) is 18.9 Å². The Hall–Kier alpha value is -0.550. The van der Waals surface area contributed by atoms with Crippen LogP contribution in [0.5, 0.6) is 0 Å². The van der Waals surface area contributed by atoms with Crippen molar-refractivity contribution < 1.29 is 9.84 Å². The van der Waals surface area contributed by atoms with Crippen molar-refractivity contribution in [2.24, 2.45) is 0 Å². The molecule has 1 N–H and O–H groups in total. The van der Waals surface area contributed by atoms with Crippen molar-refractivity contribution >= 4 is 29.0 Å². The molecule has 100 valence electrons. The van der Waals surface area contributed by atoms with Crippen LogP contribution in [-0.4, -0.2) is 42.5 Å². The second-order valence-corrected chi connectivity index (χ2v) is 5.08. The average molecular weight is 291 g/mol. The number of pyridine rings is 1. The first-order valence-corrected chi connectivity index (χ1v) is 6.74. The van der Waals surface area contributed by atoms with Crippen LogP contribution in [0.25, 0.3) is 0 Å². The summed E-state index contributed by atoms with van der Waals surface area (Å²) in [5, 5.41) is 9.84. The van der Waals surface area contributed by atoms with E-state index in [2.05, 4.69) is 9.88 Å². The van der Waals surface area contributed by atoms with Gasteiger partial charge in [-0.3, -0.25) is 0 Å². The standard InChI is InChI=1S/C12H16Cl2N2O2/c13-9-7-11(14)12(15-8-9)16-3-1-10(2-4-16)18-6-5-17/h7-8,10,17H,1-6H2. The molecule has 0 amide bonds. The average Bonchev–Trinajstić information content (AvgIpc) is 2.37. The van der Waals surface area contributed by atoms with Crippen molar-refractivity contribution in [3.63, 3.8) is 0 Å². The molecular weight excluding hydrogens is 275 g/mol. The van der Waals surface area contributed by atoms with Gasteiger partial charge in [0.25, 0.3) is 0 Å². The van der Waals surface area contributed by atoms with Crippen LogP contribution < -0.4 is 4.90 Å². The molecule has 0 aliphatic carbocycles. The largest absolute Gasteiger partial charge is 0.394 e. The van der Waals surface area contributed by atoms with Gasteiger partial charge in [-0.1, -0.05) is 23.2 Å². The molecule has 0 unspecified atom stereocenters. The first-order chi connectivity index (χ1) is 8.70. The summed E-state index contributed by atoms with van der Waals surface area (Å²) in [4.78, 5) is 6.41. The van der Waals surface area contributed by atoms with Crippen LogP contribution in [-0.2, 0) is 4.74 Å². The van der Waals surface area contributed by atoms with Crippen LogP contribution in [0.15, 0.2) is 12.3 Å². The molecule has 2 heterocycles. The van der Waals surface area contributed by atoms with Gasteiger partial charge in [-0.05, 0) is 18.9 Å². The van der Waals surface area contributed by atoms with Crippen LogP contribution in [0.2, 0.25) is 10.0 Å². The zero-order valence-electron chi connectivity index (χ0n) is 9.98. The lowest BCUT2D eigenvalue weighted by atomic mass is 10.1. The quantitative estimate of drug-likeness (QED) is 0.925. The van der Waals surface area contributed by atoms with E-state index in [1.165, 1.54) is 0 Å². The number of nitrogens with zero attached hydrogens (tertiary/aromatic N) is 2. The highest BCUT2D eigenvalue weighted by molar-refractivity contribution is 6.36. The van der Waals surface area contributed by atoms with Gasteiger partial charge in [0.2, 0.25) is 0 Å². The Kier molecular flexibility index (Phi) is 5.06. The number of hydrogen-bond acceptors (Lipinski definition) is 4. The summed E-state index contributed by atoms with van der Waals surface area (Å²) < 4.78 is 5.51. The first kappa shape index (κ1) is 13.9. The zero-order valence-corrected chi connectivity index (χ0v) is 11.5. The van der Waals surface area contributed by atoms with Gasteiger partial charge in [-0.25, -0.2) is 4.98 Å². The molecule has 0 spiro atoms. The monoisotopic (exact) mass is 290 g/mol. The number of aromatic nitrogens is 1. The second kappa shape index (κ2) is 6.57. The fourth-order valence-corrected chi connectivity index (χ4v) is 2.59. The predicted molar refractivity (Wildman–Crippen MR) is 72.5 cm³/mol. The Balaban J connectivity index is 1.93. The van der Waals surface area contributed by atoms with E-state index in [9.17, 15) is 0 Å². The minimum absolute atomic E-state index is 0.0742. The Bertz CT molecular complexity index is 396. The van der Waals surface area contributed by atoms with Crippen molar-refractivity contribution in [3.05, 3.63) is 22.3 Å². The Morgan fingerprint density at radius 3 is 2.72 bits per heavy atom. The lowest BCUT2D eigenvalue weighted by Crippen LogP contribution is -2.38. The highest BCUT2D eigenvalue weighted by Crippen LogP contribution is 2.28. The van der Waals surface area contributed by atoms with Crippen LogP contribution in [0.4, 0.5) is 5.82 Å². The summed E-state index contributed by atoms with van der Waals surface area (Å²) in [6.07, 6.45) is 3.66. The summed E-state index contributed by atoms with van der Waals surface area (Å²) in [5.74, 6) is 0.779. The summed E-state index contributed by atoms with van der Waals surface area (Å²) in [5.41, 5.74) is 0. The summed E-state index contributed by atoms with van der Waals surface area (Å²) >= 11 is 12.0. The number of anilines is 1. The number of rotatable bonds is 4. The predicted octanol–water partition coefficient (Wildman–Crippen LogP) is 2.37. The van der Waals surface area contributed by atoms with Crippen LogP contribution >= 0.6 is 23.2 Å². The zero-order chi connectivity index (χ0) is 13.0. The molecule has 0 radical (unpaired) electrons. The number of aliphatic hydroxyl groups excluding tert-OH is 1. The van der Waals surface area contributed by atoms with E-state index in [-0.39, 0.29) is 12.7 Å². The minimum Gasteiger partial charge on any atom is -0.394 e. The van der Waals surface area contributed by atoms with Gasteiger partial charge >= 0.3 is 0 Å². The molecule has 2 rings (SSSR count). The lowest BCUT2D eigenvalue weighted by Gasteiger charge is -2.33. The van der Waals surface area contributed by atoms with Gasteiger partial charge in [0.15, 0.2) is 0 Å². The van der Waals surface area contributed by atoms with E-state index in [4.69, 9.17) is 33.0 Å². The van der Waals surface area contributed by atoms with Crippen molar-refractivity contribution in [1.29, 1.82) is 0 Å². The van der Waals surface area contributed by atoms with E-state index in [1.807, 2.05) is 0 Å². The molecular formula is C12H16Cl2N2O2. The van der Waals surface area contributed by atoms with E-state index in [0.717, 1.165) is 31.7 Å². The first-order valence-electron chi connectivity index (χ1n) is 5.99. The third-order valence-electron chi connectivity index (χ3n) is 2.97. The molecule has 18 heavy (non-hydrogen) atoms. The van der Waals surface area contributed by atoms with E-state index in [0.29, 0.717) is 16.7 Å². The fraction of sp³-hybridized carbons (Fsp3) is 0.583. The number of piperidine rings is 1. The Morgan fingerprint density at radius 2 is 2.11 bits per heavy atom. The maximum absolute atomic E-state index is 8.71. The third kappa shape index (κ3) is 3.48. The van der Waals surface area contributed by atoms with Gasteiger partial charge in [-0.2, -0.15) is 0 Å². The van der Waals surface area contributed by atoms with Crippen LogP contribution in [0, 0.1) is 0 Å². The SMILES string of the molecule is OCCOC1CCN(c2ncc(Cl)cc2Cl)CC1. The normalized spacial score (nSPS) is 17.2. The van der Waals surface area contributed by atoms with E-state index >= 15 is 0 Å². The van der Waals surface area contributed by atoms with Crippen molar-refractivity contribution in [2.75, 3.05) is 31.2 Å². The summed E-state index contributed by atoms with van der Waals surface area (Å²) in [6.45, 7) is 2.18. The summed E-state index contributed by atoms with van der Waals surface area (Å²) in [6, 6.07) is 1.71. The number of aliphatic hydroxyl groups is 1. The smallest absolute Gasteiger partial charge is 0.147 e. The molecule has 0 atom stereocenters. The van der Waals surface area contributed by atoms with Crippen molar-refractivity contribution in [3.8, 4) is 0 Å². The number of ether oxygens (including phenoxy) is 1. The molecule has 1 aliphatic heterocycles. The molecule has 6 heteroatoms. The van der Waals surface area contributed by atoms with Gasteiger partial charge < -0.3 is 14.7 Å². The summed E-state index contributed by atoms with van der Waals surface area (Å²) in [7, 11) is 0. The number of halogens is 2. The molecule has 1 aromatic heterocycles. The van der Waals surface area contributed by atoms with Crippen LogP contribution in [0.3, 0.4) is 0 Å². The molecule has 0 bridgehead atoms. The molecule has 0 aromatic carbocycles. The van der Waals surface area contributed by atoms with E-state index < -0.39 is 0 Å². The fourth-order valence-electron chi connectivity index (χ4n) is 2.09. The van der Waals surface area contributed by atoms with E-state index in [1.54, 1.807) is 12.3 Å². The molecule has 1 aliphatic rings.